The Hall–Kier alpha value is -1.79. The van der Waals surface area contributed by atoms with Gasteiger partial charge in [-0.3, -0.25) is 0 Å². The van der Waals surface area contributed by atoms with Gasteiger partial charge >= 0.3 is 0 Å². The van der Waals surface area contributed by atoms with Crippen molar-refractivity contribution in [3.05, 3.63) is 48.4 Å². The van der Waals surface area contributed by atoms with Crippen LogP contribution in [-0.2, 0) is 16.6 Å². The van der Waals surface area contributed by atoms with Crippen molar-refractivity contribution in [2.75, 3.05) is 12.4 Å². The minimum absolute atomic E-state index is 0.138. The summed E-state index contributed by atoms with van der Waals surface area (Å²) in [4.78, 5) is 0.223. The molecule has 2 rings (SSSR count). The number of nitrogens with one attached hydrogen (secondary N) is 2. The van der Waals surface area contributed by atoms with Crippen LogP contribution in [0.25, 0.3) is 0 Å². The SMILES string of the molecule is CNc1cccc(S(=O)(=O)NCc2ccco2)c1. The monoisotopic (exact) mass is 266 g/mol. The first-order valence-corrected chi connectivity index (χ1v) is 6.90. The molecule has 0 spiro atoms. The van der Waals surface area contributed by atoms with Gasteiger partial charge in [-0.05, 0) is 30.3 Å². The Bertz CT molecular complexity index is 606. The average Bonchev–Trinajstić information content (AvgIpc) is 2.90. The van der Waals surface area contributed by atoms with Crippen LogP contribution >= 0.6 is 0 Å². The Labute approximate surface area is 106 Å². The second-order valence-corrected chi connectivity index (χ2v) is 5.45. The van der Waals surface area contributed by atoms with Crippen molar-refractivity contribution < 1.29 is 12.8 Å². The summed E-state index contributed by atoms with van der Waals surface area (Å²) in [5.41, 5.74) is 0.746. The zero-order valence-electron chi connectivity index (χ0n) is 9.88. The molecule has 0 aliphatic carbocycles. The molecule has 2 aromatic rings. The molecule has 0 aliphatic rings. The lowest BCUT2D eigenvalue weighted by atomic mass is 10.3. The summed E-state index contributed by atoms with van der Waals surface area (Å²) in [6.07, 6.45) is 1.51. The molecule has 6 heteroatoms. The van der Waals surface area contributed by atoms with E-state index in [1.54, 1.807) is 43.4 Å². The number of hydrogen-bond donors (Lipinski definition) is 2. The lowest BCUT2D eigenvalue weighted by molar-refractivity contribution is 0.498. The van der Waals surface area contributed by atoms with Gasteiger partial charge in [0.25, 0.3) is 0 Å². The van der Waals surface area contributed by atoms with E-state index < -0.39 is 10.0 Å². The van der Waals surface area contributed by atoms with Crippen molar-refractivity contribution in [2.45, 2.75) is 11.4 Å². The van der Waals surface area contributed by atoms with Crippen LogP contribution in [0.3, 0.4) is 0 Å². The maximum atomic E-state index is 12.0. The summed E-state index contributed by atoms with van der Waals surface area (Å²) >= 11 is 0. The molecule has 0 atom stereocenters. The van der Waals surface area contributed by atoms with E-state index >= 15 is 0 Å². The zero-order chi connectivity index (χ0) is 13.0. The summed E-state index contributed by atoms with van der Waals surface area (Å²) < 4.78 is 31.6. The summed E-state index contributed by atoms with van der Waals surface area (Å²) in [7, 11) is -1.78. The molecule has 0 saturated carbocycles. The Balaban J connectivity index is 2.14. The van der Waals surface area contributed by atoms with Gasteiger partial charge in [0.1, 0.15) is 5.76 Å². The lowest BCUT2D eigenvalue weighted by Gasteiger charge is -2.07. The third-order valence-corrected chi connectivity index (χ3v) is 3.85. The van der Waals surface area contributed by atoms with Gasteiger partial charge in [-0.25, -0.2) is 13.1 Å². The summed E-state index contributed by atoms with van der Waals surface area (Å²) in [5, 5.41) is 2.90. The normalized spacial score (nSPS) is 11.4. The number of hydrogen-bond acceptors (Lipinski definition) is 4. The quantitative estimate of drug-likeness (QED) is 0.865. The van der Waals surface area contributed by atoms with E-state index in [2.05, 4.69) is 10.0 Å². The molecule has 1 heterocycles. The lowest BCUT2D eigenvalue weighted by Crippen LogP contribution is -2.23. The van der Waals surface area contributed by atoms with E-state index in [4.69, 9.17) is 4.42 Å². The molecule has 0 unspecified atom stereocenters. The molecule has 5 nitrogen and oxygen atoms in total. The minimum Gasteiger partial charge on any atom is -0.468 e. The van der Waals surface area contributed by atoms with E-state index in [1.807, 2.05) is 0 Å². The standard InChI is InChI=1S/C12H14N2O3S/c1-13-10-4-2-6-12(8-10)18(15,16)14-9-11-5-3-7-17-11/h2-8,13-14H,9H2,1H3. The minimum atomic E-state index is -3.52. The maximum Gasteiger partial charge on any atom is 0.241 e. The molecule has 1 aromatic heterocycles. The van der Waals surface area contributed by atoms with E-state index in [-0.39, 0.29) is 11.4 Å². The van der Waals surface area contributed by atoms with Gasteiger partial charge in [-0.2, -0.15) is 0 Å². The van der Waals surface area contributed by atoms with E-state index in [1.165, 1.54) is 6.26 Å². The molecule has 0 amide bonds. The first-order chi connectivity index (χ1) is 8.62. The van der Waals surface area contributed by atoms with Crippen molar-refractivity contribution in [3.63, 3.8) is 0 Å². The Morgan fingerprint density at radius 3 is 2.72 bits per heavy atom. The smallest absolute Gasteiger partial charge is 0.241 e. The highest BCUT2D eigenvalue weighted by atomic mass is 32.2. The van der Waals surface area contributed by atoms with Gasteiger partial charge in [0.05, 0.1) is 17.7 Å². The summed E-state index contributed by atoms with van der Waals surface area (Å²) in [5.74, 6) is 0.573. The van der Waals surface area contributed by atoms with Crippen LogP contribution in [0.4, 0.5) is 5.69 Å². The molecular formula is C12H14N2O3S. The summed E-state index contributed by atoms with van der Waals surface area (Å²) in [6, 6.07) is 10.0. The maximum absolute atomic E-state index is 12.0. The summed E-state index contributed by atoms with van der Waals surface area (Å²) in [6.45, 7) is 0.138. The number of sulfonamides is 1. The second-order valence-electron chi connectivity index (χ2n) is 3.68. The molecule has 0 aliphatic heterocycles. The zero-order valence-corrected chi connectivity index (χ0v) is 10.7. The Morgan fingerprint density at radius 1 is 1.22 bits per heavy atom. The number of rotatable bonds is 5. The highest BCUT2D eigenvalue weighted by Crippen LogP contribution is 2.15. The van der Waals surface area contributed by atoms with E-state index in [0.29, 0.717) is 5.76 Å². The largest absolute Gasteiger partial charge is 0.468 e. The molecule has 0 bridgehead atoms. The molecular weight excluding hydrogens is 252 g/mol. The van der Waals surface area contributed by atoms with Gasteiger partial charge in [-0.15, -0.1) is 0 Å². The van der Waals surface area contributed by atoms with Crippen LogP contribution < -0.4 is 10.0 Å². The fourth-order valence-corrected chi connectivity index (χ4v) is 2.52. The molecule has 96 valence electrons. The van der Waals surface area contributed by atoms with Crippen molar-refractivity contribution in [2.24, 2.45) is 0 Å². The molecule has 18 heavy (non-hydrogen) atoms. The second kappa shape index (κ2) is 5.24. The third-order valence-electron chi connectivity index (χ3n) is 2.45. The van der Waals surface area contributed by atoms with Crippen molar-refractivity contribution >= 4 is 15.7 Å². The van der Waals surface area contributed by atoms with Crippen LogP contribution in [0.5, 0.6) is 0 Å². The molecule has 0 fully saturated rings. The van der Waals surface area contributed by atoms with Crippen molar-refractivity contribution in [1.29, 1.82) is 0 Å². The van der Waals surface area contributed by atoms with Gasteiger partial charge in [0.2, 0.25) is 10.0 Å². The fourth-order valence-electron chi connectivity index (χ4n) is 1.48. The van der Waals surface area contributed by atoms with Crippen LogP contribution in [0.15, 0.2) is 52.0 Å². The highest BCUT2D eigenvalue weighted by Gasteiger charge is 2.14. The van der Waals surface area contributed by atoms with Crippen LogP contribution in [-0.4, -0.2) is 15.5 Å². The fraction of sp³-hybridized carbons (Fsp3) is 0.167. The number of furan rings is 1. The van der Waals surface area contributed by atoms with E-state index in [0.717, 1.165) is 5.69 Å². The first-order valence-electron chi connectivity index (χ1n) is 5.42. The predicted octanol–water partition coefficient (Wildman–Crippen LogP) is 1.80. The topological polar surface area (TPSA) is 71.3 Å². The van der Waals surface area contributed by atoms with Crippen LogP contribution in [0, 0.1) is 0 Å². The Kier molecular flexibility index (Phi) is 3.69. The van der Waals surface area contributed by atoms with Gasteiger partial charge in [0.15, 0.2) is 0 Å². The first kappa shape index (κ1) is 12.7. The van der Waals surface area contributed by atoms with Gasteiger partial charge < -0.3 is 9.73 Å². The van der Waals surface area contributed by atoms with Crippen molar-refractivity contribution in [1.82, 2.24) is 4.72 Å². The Morgan fingerprint density at radius 2 is 2.06 bits per heavy atom. The van der Waals surface area contributed by atoms with Gasteiger partial charge in [0, 0.05) is 12.7 Å². The van der Waals surface area contributed by atoms with Crippen LogP contribution in [0.1, 0.15) is 5.76 Å². The molecule has 0 radical (unpaired) electrons. The van der Waals surface area contributed by atoms with Gasteiger partial charge in [-0.1, -0.05) is 6.07 Å². The average molecular weight is 266 g/mol. The highest BCUT2D eigenvalue weighted by molar-refractivity contribution is 7.89. The molecule has 2 N–H and O–H groups in total. The predicted molar refractivity (Wildman–Crippen MR) is 68.7 cm³/mol. The third kappa shape index (κ3) is 2.91. The number of anilines is 1. The van der Waals surface area contributed by atoms with Crippen molar-refractivity contribution in [3.8, 4) is 0 Å². The van der Waals surface area contributed by atoms with E-state index in [9.17, 15) is 8.42 Å². The molecule has 0 saturated heterocycles. The molecule has 1 aromatic carbocycles. The van der Waals surface area contributed by atoms with Crippen LogP contribution in [0.2, 0.25) is 0 Å². The number of benzene rings is 1.